The summed E-state index contributed by atoms with van der Waals surface area (Å²) in [5.41, 5.74) is 9.45. The number of carbonyl (C=O) groups excluding carboxylic acids is 3. The number of ether oxygens (including phenoxy) is 9. The first-order chi connectivity index (χ1) is 48.2. The second-order valence-electron chi connectivity index (χ2n) is 29.7. The van der Waals surface area contributed by atoms with Crippen LogP contribution in [0.25, 0.3) is 11.1 Å². The molecule has 5 fully saturated rings. The SMILES string of the molecule is CC(C)(C)OC(=O)NC1CC(O)C1.CC(C)(C)OC(=O)NC1CC(Oc2nc(Cl)ccc2Br)C1.CC(C)(C)OC(=O)NC1CC(Oc2nc(Cl)ccc2C2=CCOCC2)C1.CC1(C)OB(C2=CCOCC2)OC1(C)C.Cl.Clc1ccc(Br)c(Cl)n1.NC1CC(Oc2nc(Cl)ccc2C2=CCOCC2)C1. The van der Waals surface area contributed by atoms with E-state index in [1.807, 2.05) is 74.4 Å². The van der Waals surface area contributed by atoms with Crippen LogP contribution in [0.2, 0.25) is 25.8 Å². The van der Waals surface area contributed by atoms with Gasteiger partial charge in [-0.05, 0) is 232 Å². The molecule has 0 spiro atoms. The lowest BCUT2D eigenvalue weighted by molar-refractivity contribution is 0.00578. The third-order valence-corrected chi connectivity index (χ3v) is 19.4. The first-order valence-electron chi connectivity index (χ1n) is 34.5. The number of aromatic nitrogens is 4. The Labute approximate surface area is 659 Å². The normalized spacial score (nSPS) is 23.4. The molecule has 4 aromatic rings. The van der Waals surface area contributed by atoms with E-state index in [4.69, 9.17) is 121 Å². The predicted octanol–water partition coefficient (Wildman–Crippen LogP) is 16.9. The maximum atomic E-state index is 11.8. The Kier molecular flexibility index (Phi) is 34.2. The molecule has 0 atom stereocenters. The number of nitrogens with zero attached hydrogens (tertiary/aromatic N) is 4. The van der Waals surface area contributed by atoms with E-state index in [0.717, 1.165) is 96.6 Å². The lowest BCUT2D eigenvalue weighted by Gasteiger charge is -2.36. The van der Waals surface area contributed by atoms with E-state index < -0.39 is 35.1 Å². The van der Waals surface area contributed by atoms with Gasteiger partial charge in [0.15, 0.2) is 0 Å². The summed E-state index contributed by atoms with van der Waals surface area (Å²) in [5, 5.41) is 19.4. The van der Waals surface area contributed by atoms with Gasteiger partial charge in [0.1, 0.15) is 60.9 Å². The highest BCUT2D eigenvalue weighted by Gasteiger charge is 2.52. The van der Waals surface area contributed by atoms with Crippen molar-refractivity contribution in [2.45, 2.75) is 237 Å². The van der Waals surface area contributed by atoms with E-state index in [9.17, 15) is 14.4 Å². The summed E-state index contributed by atoms with van der Waals surface area (Å²) in [6.07, 6.45) is 13.5. The van der Waals surface area contributed by atoms with Crippen LogP contribution in [0.4, 0.5) is 14.4 Å². The third-order valence-electron chi connectivity index (χ3n) is 16.8. The van der Waals surface area contributed by atoms with Crippen molar-refractivity contribution in [3.8, 4) is 17.6 Å². The van der Waals surface area contributed by atoms with Crippen molar-refractivity contribution in [3.05, 3.63) is 118 Å². The molecule has 6 N–H and O–H groups in total. The highest BCUT2D eigenvalue weighted by atomic mass is 79.9. The lowest BCUT2D eigenvalue weighted by atomic mass is 9.75. The number of alkyl carbamates (subject to hydrolysis) is 3. The quantitative estimate of drug-likeness (QED) is 0.0500. The molecule has 0 aromatic carbocycles. The van der Waals surface area contributed by atoms with Crippen molar-refractivity contribution in [1.82, 2.24) is 35.9 Å². The van der Waals surface area contributed by atoms with Crippen LogP contribution < -0.4 is 35.9 Å². The molecule has 32 heteroatoms. The fraction of sp³-hybridized carbons (Fsp3) is 0.597. The van der Waals surface area contributed by atoms with Gasteiger partial charge >= 0.3 is 25.4 Å². The molecular formula is C72H99BBr2Cl6N8O15. The Morgan fingerprint density at radius 3 is 1.20 bits per heavy atom. The lowest BCUT2D eigenvalue weighted by Crippen LogP contribution is -2.50. The molecule has 8 aliphatic rings. The van der Waals surface area contributed by atoms with Gasteiger partial charge in [-0.2, -0.15) is 0 Å². The van der Waals surface area contributed by atoms with Crippen LogP contribution in [0.5, 0.6) is 17.6 Å². The van der Waals surface area contributed by atoms with Crippen molar-refractivity contribution < 1.29 is 71.4 Å². The number of nitrogens with two attached hydrogens (primary N) is 1. The number of halogens is 8. The topological polar surface area (TPSA) is 287 Å². The van der Waals surface area contributed by atoms with Crippen LogP contribution in [0.1, 0.15) is 172 Å². The number of nitrogens with one attached hydrogen (secondary N) is 3. The number of hydrogen-bond donors (Lipinski definition) is 5. The molecule has 0 unspecified atom stereocenters. The molecule has 12 rings (SSSR count). The Balaban J connectivity index is 0.000000201. The van der Waals surface area contributed by atoms with Gasteiger partial charge in [0.25, 0.3) is 0 Å². The highest BCUT2D eigenvalue weighted by Crippen LogP contribution is 2.40. The molecule has 0 radical (unpaired) electrons. The van der Waals surface area contributed by atoms with Gasteiger partial charge < -0.3 is 78.7 Å². The molecule has 23 nitrogen and oxygen atoms in total. The number of pyridine rings is 4. The minimum Gasteiger partial charge on any atom is -0.474 e. The minimum absolute atomic E-state index is 0. The van der Waals surface area contributed by atoms with Gasteiger partial charge in [0, 0.05) is 61.0 Å². The zero-order valence-corrected chi connectivity index (χ0v) is 68.9. The maximum absolute atomic E-state index is 11.8. The van der Waals surface area contributed by atoms with Crippen molar-refractivity contribution in [1.29, 1.82) is 0 Å². The Hall–Kier alpha value is -4.49. The van der Waals surface area contributed by atoms with Crippen LogP contribution in [-0.2, 0) is 37.7 Å². The zero-order valence-electron chi connectivity index (χ0n) is 61.2. The van der Waals surface area contributed by atoms with Crippen molar-refractivity contribution in [2.75, 3.05) is 39.6 Å². The fourth-order valence-electron chi connectivity index (χ4n) is 10.5. The van der Waals surface area contributed by atoms with Gasteiger partial charge in [-0.25, -0.2) is 34.3 Å². The molecule has 4 saturated carbocycles. The summed E-state index contributed by atoms with van der Waals surface area (Å²) in [6.45, 7) is 28.9. The molecule has 0 bridgehead atoms. The van der Waals surface area contributed by atoms with Crippen molar-refractivity contribution in [3.63, 3.8) is 0 Å². The van der Waals surface area contributed by atoms with Crippen LogP contribution >= 0.6 is 102 Å². The predicted molar refractivity (Wildman–Crippen MR) is 415 cm³/mol. The molecule has 1 saturated heterocycles. The molecule has 4 aliphatic carbocycles. The van der Waals surface area contributed by atoms with E-state index >= 15 is 0 Å². The Morgan fingerprint density at radius 2 is 0.856 bits per heavy atom. The number of hydrogen-bond acceptors (Lipinski definition) is 20. The number of rotatable bonds is 12. The second-order valence-corrected chi connectivity index (χ2v) is 33.3. The fourth-order valence-corrected chi connectivity index (χ4v) is 11.8. The van der Waals surface area contributed by atoms with Crippen LogP contribution in [0.15, 0.2) is 81.2 Å². The van der Waals surface area contributed by atoms with Crippen LogP contribution in [-0.4, -0.2) is 167 Å². The summed E-state index contributed by atoms with van der Waals surface area (Å²) in [5.74, 6) is 1.65. The van der Waals surface area contributed by atoms with E-state index in [1.165, 1.54) is 11.0 Å². The zero-order chi connectivity index (χ0) is 75.6. The highest BCUT2D eigenvalue weighted by molar-refractivity contribution is 9.10. The van der Waals surface area contributed by atoms with Gasteiger partial charge in [-0.1, -0.05) is 76.2 Å². The number of carbonyl (C=O) groups is 3. The summed E-state index contributed by atoms with van der Waals surface area (Å²) in [6, 6.07) is 14.8. The summed E-state index contributed by atoms with van der Waals surface area (Å²) >= 11 is 35.5. The van der Waals surface area contributed by atoms with E-state index in [-0.39, 0.29) is 79.3 Å². The molecular weight excluding hydrogens is 1600 g/mol. The van der Waals surface area contributed by atoms with Crippen molar-refractivity contribution >= 4 is 139 Å². The summed E-state index contributed by atoms with van der Waals surface area (Å²) in [4.78, 5) is 51.1. The Bertz CT molecular complexity index is 3560. The van der Waals surface area contributed by atoms with Gasteiger partial charge in [0.05, 0.1) is 65.9 Å². The minimum atomic E-state index is -0.499. The first-order valence-corrected chi connectivity index (χ1v) is 37.9. The third kappa shape index (κ3) is 30.2. The van der Waals surface area contributed by atoms with Crippen LogP contribution in [0.3, 0.4) is 0 Å². The molecule has 8 heterocycles. The number of amides is 3. The average molecular weight is 1700 g/mol. The van der Waals surface area contributed by atoms with Gasteiger partial charge in [-0.15, -0.1) is 12.4 Å². The molecule has 4 aliphatic heterocycles. The van der Waals surface area contributed by atoms with Gasteiger partial charge in [0.2, 0.25) is 17.6 Å². The smallest absolute Gasteiger partial charge is 0.474 e. The van der Waals surface area contributed by atoms with E-state index in [1.54, 1.807) is 36.4 Å². The van der Waals surface area contributed by atoms with E-state index in [0.29, 0.717) is 82.7 Å². The standard InChI is InChI=1S/C19H25ClN2O4.C14H18BrClN2O3.C14H17ClN2O2.C11H19BO3.C9H17NO3.C5H2BrCl2N.ClH/c1-19(2,3)26-18(23)21-13-10-14(11-13)25-17-15(4-5-16(20)22-17)12-6-8-24-9-7-12;1-14(2,3)21-13(19)17-8-6-9(7-8)20-12-10(15)4-5-11(16)18-12;15-13-2-1-12(9-3-5-18-6-4-9)14(17-13)19-11-7-10(16)8-11;1-10(2)11(3,4)15-12(14-10)9-5-7-13-8-6-9;1-9(2,3)13-8(12)10-6-4-7(11)5-6;6-3-1-2-4(7)9-5(3)8;/h4-6,13-14H,7-11H2,1-3H3,(H,21,23);4-5,8-9H,6-7H2,1-3H3,(H,17,19);1-3,10-11H,4-8,16H2;5H,6-8H2,1-4H3;6-7,11H,4-5H2,1-3H3,(H,10,12);1-2H;1H. The van der Waals surface area contributed by atoms with Crippen LogP contribution in [0, 0.1) is 0 Å². The van der Waals surface area contributed by atoms with E-state index in [2.05, 4.69) is 114 Å². The summed E-state index contributed by atoms with van der Waals surface area (Å²) < 4.78 is 62.7. The largest absolute Gasteiger partial charge is 0.490 e. The summed E-state index contributed by atoms with van der Waals surface area (Å²) in [7, 11) is -0.182. The maximum Gasteiger partial charge on any atom is 0.490 e. The molecule has 3 amide bonds. The monoisotopic (exact) mass is 1690 g/mol. The first kappa shape index (κ1) is 88.4. The molecule has 576 valence electrons. The van der Waals surface area contributed by atoms with Gasteiger partial charge in [-0.3, -0.25) is 0 Å². The van der Waals surface area contributed by atoms with Crippen molar-refractivity contribution in [2.24, 2.45) is 5.73 Å². The number of aliphatic hydroxyl groups excluding tert-OH is 1. The Morgan fingerprint density at radius 1 is 0.510 bits per heavy atom. The molecule has 4 aromatic heterocycles. The molecule has 104 heavy (non-hydrogen) atoms. The number of aliphatic hydroxyl groups is 1. The second kappa shape index (κ2) is 40.3. The average Bonchev–Trinajstić information content (AvgIpc) is 1.59.